The largest absolute Gasteiger partial charge is 0.463 e. The van der Waals surface area contributed by atoms with Crippen molar-refractivity contribution in [3.63, 3.8) is 0 Å². The molecule has 0 atom stereocenters. The Morgan fingerprint density at radius 3 is 2.56 bits per heavy atom. The maximum atomic E-state index is 11.3. The van der Waals surface area contributed by atoms with E-state index in [9.17, 15) is 4.79 Å². The van der Waals surface area contributed by atoms with Crippen LogP contribution in [0.25, 0.3) is 0 Å². The summed E-state index contributed by atoms with van der Waals surface area (Å²) in [6, 6.07) is 0.544. The minimum Gasteiger partial charge on any atom is -0.463 e. The fraction of sp³-hybridized carbons (Fsp3) is 0.769. The second kappa shape index (κ2) is 6.69. The molecule has 1 rings (SSSR count). The molecule has 3 nitrogen and oxygen atoms in total. The van der Waals surface area contributed by atoms with E-state index in [0.717, 1.165) is 5.92 Å². The molecule has 0 bridgehead atoms. The van der Waals surface area contributed by atoms with Gasteiger partial charge < -0.3 is 10.1 Å². The van der Waals surface area contributed by atoms with Gasteiger partial charge in [-0.1, -0.05) is 13.5 Å². The van der Waals surface area contributed by atoms with Gasteiger partial charge in [0.15, 0.2) is 0 Å². The average molecular weight is 225 g/mol. The first-order valence-electron chi connectivity index (χ1n) is 6.21. The molecule has 0 aliphatic heterocycles. The molecule has 1 fully saturated rings. The number of carbonyl (C=O) groups excluding carboxylic acids is 1. The predicted octanol–water partition coefficient (Wildman–Crippen LogP) is 2.27. The summed E-state index contributed by atoms with van der Waals surface area (Å²) in [5.41, 5.74) is 0.528. The molecule has 0 saturated heterocycles. The van der Waals surface area contributed by atoms with E-state index < -0.39 is 0 Å². The average Bonchev–Trinajstić information content (AvgIpc) is 2.28. The number of rotatable bonds is 5. The van der Waals surface area contributed by atoms with Gasteiger partial charge in [0.2, 0.25) is 0 Å². The van der Waals surface area contributed by atoms with E-state index >= 15 is 0 Å². The third-order valence-electron chi connectivity index (χ3n) is 3.18. The number of carbonyl (C=O) groups is 1. The van der Waals surface area contributed by atoms with Crippen molar-refractivity contribution in [1.29, 1.82) is 0 Å². The van der Waals surface area contributed by atoms with Crippen LogP contribution < -0.4 is 5.32 Å². The minimum absolute atomic E-state index is 0.279. The summed E-state index contributed by atoms with van der Waals surface area (Å²) in [4.78, 5) is 11.3. The highest BCUT2D eigenvalue weighted by Gasteiger charge is 2.18. The van der Waals surface area contributed by atoms with Crippen LogP contribution in [0.5, 0.6) is 0 Å². The van der Waals surface area contributed by atoms with Crippen LogP contribution in [0.4, 0.5) is 0 Å². The van der Waals surface area contributed by atoms with Crippen LogP contribution >= 0.6 is 0 Å². The number of ether oxygens (including phenoxy) is 1. The first kappa shape index (κ1) is 13.2. The Bertz CT molecular complexity index is 242. The van der Waals surface area contributed by atoms with E-state index in [1.807, 2.05) is 0 Å². The van der Waals surface area contributed by atoms with E-state index in [-0.39, 0.29) is 5.97 Å². The fourth-order valence-corrected chi connectivity index (χ4v) is 2.04. The predicted molar refractivity (Wildman–Crippen MR) is 65.2 cm³/mol. The summed E-state index contributed by atoms with van der Waals surface area (Å²) >= 11 is 0. The molecule has 1 aliphatic carbocycles. The fourth-order valence-electron chi connectivity index (χ4n) is 2.04. The zero-order valence-corrected chi connectivity index (χ0v) is 10.4. The van der Waals surface area contributed by atoms with Crippen LogP contribution in [0.2, 0.25) is 0 Å². The zero-order chi connectivity index (χ0) is 12.0. The van der Waals surface area contributed by atoms with E-state index in [0.29, 0.717) is 24.8 Å². The number of nitrogens with one attached hydrogen (secondary N) is 1. The molecule has 3 heteroatoms. The minimum atomic E-state index is -0.279. The lowest BCUT2D eigenvalue weighted by Gasteiger charge is -2.27. The molecule has 1 aliphatic rings. The summed E-state index contributed by atoms with van der Waals surface area (Å²) < 4.78 is 4.88. The van der Waals surface area contributed by atoms with Crippen LogP contribution in [0.3, 0.4) is 0 Å². The monoisotopic (exact) mass is 225 g/mol. The third kappa shape index (κ3) is 4.35. The van der Waals surface area contributed by atoms with Crippen molar-refractivity contribution in [2.45, 2.75) is 45.6 Å². The Labute approximate surface area is 98.2 Å². The molecule has 0 spiro atoms. The molecule has 92 valence electrons. The van der Waals surface area contributed by atoms with Gasteiger partial charge in [0.05, 0.1) is 6.61 Å². The van der Waals surface area contributed by atoms with Crippen LogP contribution in [0, 0.1) is 5.92 Å². The van der Waals surface area contributed by atoms with Gasteiger partial charge in [-0.15, -0.1) is 0 Å². The Morgan fingerprint density at radius 2 is 2.00 bits per heavy atom. The lowest BCUT2D eigenvalue weighted by molar-refractivity contribution is -0.138. The topological polar surface area (TPSA) is 38.3 Å². The maximum Gasteiger partial charge on any atom is 0.334 e. The molecular weight excluding hydrogens is 202 g/mol. The Kier molecular flexibility index (Phi) is 5.53. The first-order valence-corrected chi connectivity index (χ1v) is 6.21. The summed E-state index contributed by atoms with van der Waals surface area (Å²) in [5, 5.41) is 3.38. The molecule has 1 N–H and O–H groups in total. The van der Waals surface area contributed by atoms with E-state index in [1.54, 1.807) is 6.92 Å². The molecule has 0 amide bonds. The normalized spacial score (nSPS) is 25.1. The third-order valence-corrected chi connectivity index (χ3v) is 3.18. The summed E-state index contributed by atoms with van der Waals surface area (Å²) in [5.74, 6) is 0.575. The first-order chi connectivity index (χ1) is 7.63. The lowest BCUT2D eigenvalue weighted by Crippen LogP contribution is -2.35. The number of hydrogen-bond donors (Lipinski definition) is 1. The highest BCUT2D eigenvalue weighted by molar-refractivity contribution is 5.88. The standard InChI is InChI=1S/C13H23NO2/c1-4-16-13(15)11(3)9-14-12-7-5-10(2)6-8-12/h10,12,14H,3-9H2,1-2H3. The molecule has 1 saturated carbocycles. The van der Waals surface area contributed by atoms with Gasteiger partial charge in [-0.3, -0.25) is 0 Å². The SMILES string of the molecule is C=C(CNC1CCC(C)CC1)C(=O)OCC. The van der Waals surface area contributed by atoms with Crippen molar-refractivity contribution in [3.05, 3.63) is 12.2 Å². The van der Waals surface area contributed by atoms with Crippen molar-refractivity contribution in [2.24, 2.45) is 5.92 Å². The molecule has 0 aromatic carbocycles. The maximum absolute atomic E-state index is 11.3. The van der Waals surface area contributed by atoms with Gasteiger partial charge in [0.25, 0.3) is 0 Å². The van der Waals surface area contributed by atoms with Crippen molar-refractivity contribution >= 4 is 5.97 Å². The molecule has 0 radical (unpaired) electrons. The number of hydrogen-bond acceptors (Lipinski definition) is 3. The summed E-state index contributed by atoms with van der Waals surface area (Å²) in [6.45, 7) is 8.81. The quantitative estimate of drug-likeness (QED) is 0.576. The second-order valence-electron chi connectivity index (χ2n) is 4.66. The van der Waals surface area contributed by atoms with Crippen LogP contribution in [0.1, 0.15) is 39.5 Å². The van der Waals surface area contributed by atoms with Crippen LogP contribution in [-0.4, -0.2) is 25.2 Å². The van der Waals surface area contributed by atoms with Gasteiger partial charge in [-0.25, -0.2) is 4.79 Å². The van der Waals surface area contributed by atoms with Gasteiger partial charge in [-0.2, -0.15) is 0 Å². The van der Waals surface area contributed by atoms with Crippen LogP contribution in [0.15, 0.2) is 12.2 Å². The summed E-state index contributed by atoms with van der Waals surface area (Å²) in [7, 11) is 0. The van der Waals surface area contributed by atoms with Gasteiger partial charge >= 0.3 is 5.97 Å². The molecule has 0 heterocycles. The second-order valence-corrected chi connectivity index (χ2v) is 4.66. The number of esters is 1. The van der Waals surface area contributed by atoms with Gasteiger partial charge in [0, 0.05) is 18.2 Å². The summed E-state index contributed by atoms with van der Waals surface area (Å²) in [6.07, 6.45) is 4.97. The molecule has 0 unspecified atom stereocenters. The molecule has 0 aromatic rings. The smallest absolute Gasteiger partial charge is 0.334 e. The highest BCUT2D eigenvalue weighted by atomic mass is 16.5. The zero-order valence-electron chi connectivity index (χ0n) is 10.4. The Hall–Kier alpha value is -0.830. The van der Waals surface area contributed by atoms with Crippen molar-refractivity contribution < 1.29 is 9.53 Å². The molecule has 0 aromatic heterocycles. The van der Waals surface area contributed by atoms with E-state index in [2.05, 4.69) is 18.8 Å². The highest BCUT2D eigenvalue weighted by Crippen LogP contribution is 2.23. The van der Waals surface area contributed by atoms with Crippen molar-refractivity contribution in [3.8, 4) is 0 Å². The van der Waals surface area contributed by atoms with E-state index in [4.69, 9.17) is 4.74 Å². The van der Waals surface area contributed by atoms with Crippen LogP contribution in [-0.2, 0) is 9.53 Å². The Balaban J connectivity index is 2.19. The molecule has 16 heavy (non-hydrogen) atoms. The molecular formula is C13H23NO2. The Morgan fingerprint density at radius 1 is 1.38 bits per heavy atom. The van der Waals surface area contributed by atoms with Crippen molar-refractivity contribution in [1.82, 2.24) is 5.32 Å². The lowest BCUT2D eigenvalue weighted by atomic mass is 9.87. The van der Waals surface area contributed by atoms with E-state index in [1.165, 1.54) is 25.7 Å². The van der Waals surface area contributed by atoms with Gasteiger partial charge in [-0.05, 0) is 38.5 Å². The van der Waals surface area contributed by atoms with Gasteiger partial charge in [0.1, 0.15) is 0 Å². The van der Waals surface area contributed by atoms with Crippen molar-refractivity contribution in [2.75, 3.05) is 13.2 Å².